The zero-order valence-corrected chi connectivity index (χ0v) is 23.9. The summed E-state index contributed by atoms with van der Waals surface area (Å²) in [4.78, 5) is 38.4. The maximum Gasteiger partial charge on any atom is 0.493 e. The normalized spacial score (nSPS) is 11.4. The summed E-state index contributed by atoms with van der Waals surface area (Å²) >= 11 is 0. The van der Waals surface area contributed by atoms with Gasteiger partial charge in [0.1, 0.15) is 11.6 Å². The van der Waals surface area contributed by atoms with Gasteiger partial charge in [0.15, 0.2) is 0 Å². The summed E-state index contributed by atoms with van der Waals surface area (Å²) in [6, 6.07) is 13.5. The number of carbonyl (C=O) groups is 2. The first-order valence-corrected chi connectivity index (χ1v) is 13.0. The summed E-state index contributed by atoms with van der Waals surface area (Å²) < 4.78 is 93.2. The fraction of sp³-hybridized carbons (Fsp3) is 0.133. The summed E-state index contributed by atoms with van der Waals surface area (Å²) in [5, 5.41) is 5.57. The van der Waals surface area contributed by atoms with Gasteiger partial charge in [-0.3, -0.25) is 4.79 Å². The van der Waals surface area contributed by atoms with Crippen LogP contribution in [0.5, 0.6) is 0 Å². The lowest BCUT2D eigenvalue weighted by Crippen LogP contribution is -2.38. The third-order valence-corrected chi connectivity index (χ3v) is 6.17. The molecule has 16 heteroatoms. The molecule has 1 heterocycles. The molecular formula is C30H23F7N6O3. The molecule has 0 radical (unpaired) electrons. The maximum absolute atomic E-state index is 15.1. The number of carbonyl (C=O) groups excluding carboxylic acids is 2. The lowest BCUT2D eigenvalue weighted by Gasteiger charge is -2.21. The number of hydrogen-bond donors (Lipinski definition) is 2. The molecule has 4 aromatic rings. The predicted molar refractivity (Wildman–Crippen MR) is 156 cm³/mol. The summed E-state index contributed by atoms with van der Waals surface area (Å²) in [6.45, 7) is 3.16. The monoisotopic (exact) mass is 648 g/mol. The van der Waals surface area contributed by atoms with Crippen LogP contribution in [0.25, 0.3) is 11.1 Å². The van der Waals surface area contributed by atoms with Crippen molar-refractivity contribution < 1.29 is 45.2 Å². The molecule has 0 saturated heterocycles. The number of amides is 1. The van der Waals surface area contributed by atoms with E-state index in [9.17, 15) is 35.9 Å². The Labute approximate surface area is 256 Å². The van der Waals surface area contributed by atoms with Crippen LogP contribution in [0.1, 0.15) is 5.56 Å². The number of benzene rings is 3. The van der Waals surface area contributed by atoms with Crippen LogP contribution in [0.3, 0.4) is 0 Å². The minimum Gasteiger partial charge on any atom is -0.378 e. The van der Waals surface area contributed by atoms with Gasteiger partial charge in [-0.05, 0) is 66.2 Å². The van der Waals surface area contributed by atoms with Crippen LogP contribution in [0.2, 0.25) is 0 Å². The van der Waals surface area contributed by atoms with Crippen LogP contribution in [0, 0.1) is 5.82 Å². The van der Waals surface area contributed by atoms with E-state index in [2.05, 4.69) is 32.0 Å². The van der Waals surface area contributed by atoms with Gasteiger partial charge in [0, 0.05) is 37.2 Å². The fourth-order valence-corrected chi connectivity index (χ4v) is 3.86. The van der Waals surface area contributed by atoms with Gasteiger partial charge in [0.25, 0.3) is 5.91 Å². The van der Waals surface area contributed by atoms with E-state index in [4.69, 9.17) is 0 Å². The van der Waals surface area contributed by atoms with Crippen LogP contribution < -0.4 is 20.6 Å². The molecule has 240 valence electrons. The minimum atomic E-state index is -5.46. The van der Waals surface area contributed by atoms with E-state index in [-0.39, 0.29) is 28.0 Å². The second-order valence-electron chi connectivity index (χ2n) is 9.60. The first-order valence-electron chi connectivity index (χ1n) is 13.0. The van der Waals surface area contributed by atoms with Crippen LogP contribution in [-0.4, -0.2) is 42.1 Å². The number of hydrogen-bond acceptors (Lipinski definition) is 8. The van der Waals surface area contributed by atoms with Crippen LogP contribution >= 0.6 is 0 Å². The first kappa shape index (κ1) is 33.2. The summed E-state index contributed by atoms with van der Waals surface area (Å²) in [5.41, 5.74) is -0.147. The highest BCUT2D eigenvalue weighted by Crippen LogP contribution is 2.35. The van der Waals surface area contributed by atoms with Gasteiger partial charge in [-0.15, -0.1) is 5.06 Å². The highest BCUT2D eigenvalue weighted by atomic mass is 19.4. The molecule has 2 N–H and O–H groups in total. The second-order valence-corrected chi connectivity index (χ2v) is 9.60. The van der Waals surface area contributed by atoms with Crippen molar-refractivity contribution in [3.05, 3.63) is 97.0 Å². The van der Waals surface area contributed by atoms with Gasteiger partial charge in [0.05, 0.1) is 16.9 Å². The second kappa shape index (κ2) is 13.1. The average molecular weight is 649 g/mol. The van der Waals surface area contributed by atoms with Gasteiger partial charge in [-0.25, -0.2) is 14.2 Å². The molecule has 1 amide bonds. The molecule has 0 spiro atoms. The van der Waals surface area contributed by atoms with Crippen molar-refractivity contribution >= 4 is 46.4 Å². The zero-order chi connectivity index (χ0) is 33.8. The van der Waals surface area contributed by atoms with Crippen molar-refractivity contribution in [1.82, 2.24) is 9.97 Å². The van der Waals surface area contributed by atoms with Gasteiger partial charge in [0.2, 0.25) is 5.95 Å². The Hall–Kier alpha value is -5.67. The topological polar surface area (TPSA) is 99.7 Å². The van der Waals surface area contributed by atoms with E-state index < -0.39 is 47.0 Å². The number of nitrogens with one attached hydrogen (secondary N) is 2. The largest absolute Gasteiger partial charge is 0.493 e. The third-order valence-electron chi connectivity index (χ3n) is 6.17. The molecule has 0 fully saturated rings. The van der Waals surface area contributed by atoms with Crippen molar-refractivity contribution in [2.24, 2.45) is 0 Å². The van der Waals surface area contributed by atoms with Crippen LogP contribution in [-0.2, 0) is 20.6 Å². The SMILES string of the molecule is C=CC(=O)N(OC(=O)C(F)(F)F)c1ccc(F)c(Nc2nc(Nc3ccc(N(C)C)cc3)ncc2-c2ccc(C(F)(F)F)cc2)c1. The van der Waals surface area contributed by atoms with E-state index >= 15 is 4.39 Å². The summed E-state index contributed by atoms with van der Waals surface area (Å²) in [7, 11) is 3.70. The van der Waals surface area contributed by atoms with E-state index in [0.29, 0.717) is 11.8 Å². The molecule has 1 aromatic heterocycles. The molecule has 0 atom stereocenters. The molecule has 3 aromatic carbocycles. The molecule has 0 bridgehead atoms. The van der Waals surface area contributed by atoms with Gasteiger partial charge >= 0.3 is 18.3 Å². The first-order chi connectivity index (χ1) is 21.6. The molecule has 0 saturated carbocycles. The van der Waals surface area contributed by atoms with Crippen LogP contribution in [0.4, 0.5) is 65.2 Å². The average Bonchev–Trinajstić information content (AvgIpc) is 3.00. The van der Waals surface area contributed by atoms with Gasteiger partial charge < -0.3 is 20.4 Å². The lowest BCUT2D eigenvalue weighted by molar-refractivity contribution is -0.201. The molecule has 46 heavy (non-hydrogen) atoms. The number of alkyl halides is 6. The number of aromatic nitrogens is 2. The third kappa shape index (κ3) is 7.88. The number of rotatable bonds is 8. The summed E-state index contributed by atoms with van der Waals surface area (Å²) in [6.07, 6.45) is -8.25. The van der Waals surface area contributed by atoms with Crippen molar-refractivity contribution in [1.29, 1.82) is 0 Å². The highest BCUT2D eigenvalue weighted by Gasteiger charge is 2.43. The van der Waals surface area contributed by atoms with E-state index in [1.807, 2.05) is 19.0 Å². The molecular weight excluding hydrogens is 625 g/mol. The Morgan fingerprint density at radius 2 is 1.52 bits per heavy atom. The molecule has 0 unspecified atom stereocenters. The Bertz CT molecular complexity index is 1740. The standard InChI is InChI=1S/C30H23F7N6O3/c1-4-25(44)43(46-27(45)30(35,36)37)21-13-14-23(31)24(15-21)40-26-22(17-5-7-18(8-6-17)29(32,33)34)16-38-28(41-26)39-19-9-11-20(12-10-19)42(2)3/h4-16H,1H2,2-3H3,(H2,38,39,40,41). The highest BCUT2D eigenvalue weighted by molar-refractivity contribution is 6.01. The molecule has 0 aliphatic heterocycles. The van der Waals surface area contributed by atoms with Gasteiger partial charge in [-0.1, -0.05) is 18.7 Å². The van der Waals surface area contributed by atoms with Crippen molar-refractivity contribution in [3.8, 4) is 11.1 Å². The molecule has 0 aliphatic carbocycles. The number of hydroxylamine groups is 1. The number of anilines is 6. The predicted octanol–water partition coefficient (Wildman–Crippen LogP) is 7.39. The van der Waals surface area contributed by atoms with E-state index in [0.717, 1.165) is 48.2 Å². The lowest BCUT2D eigenvalue weighted by atomic mass is 10.1. The molecule has 4 rings (SSSR count). The van der Waals surface area contributed by atoms with Crippen molar-refractivity contribution in [2.75, 3.05) is 34.7 Å². The van der Waals surface area contributed by atoms with Crippen LogP contribution in [0.15, 0.2) is 85.6 Å². The minimum absolute atomic E-state index is 0.0186. The number of halogens is 7. The Kier molecular flexibility index (Phi) is 9.49. The van der Waals surface area contributed by atoms with Crippen molar-refractivity contribution in [2.45, 2.75) is 12.4 Å². The Morgan fingerprint density at radius 3 is 2.09 bits per heavy atom. The smallest absolute Gasteiger partial charge is 0.378 e. The number of nitrogens with zero attached hydrogens (tertiary/aromatic N) is 4. The zero-order valence-electron chi connectivity index (χ0n) is 23.9. The van der Waals surface area contributed by atoms with Crippen molar-refractivity contribution in [3.63, 3.8) is 0 Å². The maximum atomic E-state index is 15.1. The molecule has 9 nitrogen and oxygen atoms in total. The van der Waals surface area contributed by atoms with E-state index in [1.54, 1.807) is 24.3 Å². The Balaban J connectivity index is 1.76. The van der Waals surface area contributed by atoms with Gasteiger partial charge in [-0.2, -0.15) is 31.3 Å². The fourth-order valence-electron chi connectivity index (χ4n) is 3.86. The summed E-state index contributed by atoms with van der Waals surface area (Å²) in [5.74, 6) is -5.16. The van der Waals surface area contributed by atoms with E-state index in [1.165, 1.54) is 6.20 Å². The molecule has 0 aliphatic rings. The quantitative estimate of drug-likeness (QED) is 0.116. The Morgan fingerprint density at radius 1 is 0.891 bits per heavy atom.